The molecule has 1 aromatic carbocycles. The van der Waals surface area contributed by atoms with Crippen LogP contribution in [0, 0.1) is 10.1 Å². The molecule has 0 aliphatic heterocycles. The molecule has 0 aliphatic carbocycles. The van der Waals surface area contributed by atoms with Gasteiger partial charge in [-0.15, -0.1) is 0 Å². The molecule has 0 fully saturated rings. The second-order valence-electron chi connectivity index (χ2n) is 3.97. The van der Waals surface area contributed by atoms with Crippen molar-refractivity contribution in [3.8, 4) is 11.5 Å². The van der Waals surface area contributed by atoms with Crippen LogP contribution in [0.4, 0.5) is 11.5 Å². The van der Waals surface area contributed by atoms with Gasteiger partial charge in [-0.05, 0) is 23.8 Å². The number of non-ortho nitro benzene ring substituents is 1. The van der Waals surface area contributed by atoms with Crippen LogP contribution >= 0.6 is 0 Å². The summed E-state index contributed by atoms with van der Waals surface area (Å²) < 4.78 is 10.7. The number of nitrogens with zero attached hydrogens (tertiary/aromatic N) is 2. The van der Waals surface area contributed by atoms with E-state index in [2.05, 4.69) is 4.98 Å². The maximum Gasteiger partial charge on any atom is 0.273 e. The second-order valence-corrected chi connectivity index (χ2v) is 3.97. The average Bonchev–Trinajstić information content (AvgIpc) is 2.44. The van der Waals surface area contributed by atoms with E-state index in [0.29, 0.717) is 17.3 Å². The first-order valence-corrected chi connectivity index (χ1v) is 5.76. The van der Waals surface area contributed by atoms with E-state index in [0.717, 1.165) is 5.56 Å². The van der Waals surface area contributed by atoms with Gasteiger partial charge in [-0.2, -0.15) is 0 Å². The number of pyridine rings is 1. The predicted molar refractivity (Wildman–Crippen MR) is 72.6 cm³/mol. The molecule has 20 heavy (non-hydrogen) atoms. The van der Waals surface area contributed by atoms with Crippen LogP contribution in [0.1, 0.15) is 5.56 Å². The van der Waals surface area contributed by atoms with Gasteiger partial charge in [0.25, 0.3) is 5.69 Å². The predicted octanol–water partition coefficient (Wildman–Crippen LogP) is 2.16. The van der Waals surface area contributed by atoms with E-state index < -0.39 is 4.92 Å². The molecule has 0 atom stereocenters. The SMILES string of the molecule is COc1ccc([N+](=O)[O-])cc1OCc1ccnc(N)c1. The van der Waals surface area contributed by atoms with Gasteiger partial charge in [0.1, 0.15) is 12.4 Å². The van der Waals surface area contributed by atoms with Gasteiger partial charge in [-0.3, -0.25) is 10.1 Å². The molecule has 0 saturated carbocycles. The zero-order valence-corrected chi connectivity index (χ0v) is 10.8. The highest BCUT2D eigenvalue weighted by molar-refractivity contribution is 5.48. The molecule has 0 spiro atoms. The highest BCUT2D eigenvalue weighted by atomic mass is 16.6. The highest BCUT2D eigenvalue weighted by Gasteiger charge is 2.12. The third-order valence-corrected chi connectivity index (χ3v) is 2.60. The number of nitrogens with two attached hydrogens (primary N) is 1. The molecule has 1 aromatic heterocycles. The number of nitro benzene ring substituents is 1. The molecule has 7 nitrogen and oxygen atoms in total. The van der Waals surface area contributed by atoms with Gasteiger partial charge in [-0.25, -0.2) is 4.98 Å². The number of aromatic nitrogens is 1. The summed E-state index contributed by atoms with van der Waals surface area (Å²) in [7, 11) is 1.47. The molecule has 2 rings (SSSR count). The third kappa shape index (κ3) is 3.14. The molecule has 0 aliphatic rings. The maximum atomic E-state index is 10.8. The molecule has 0 radical (unpaired) electrons. The van der Waals surface area contributed by atoms with Gasteiger partial charge < -0.3 is 15.2 Å². The van der Waals surface area contributed by atoms with Gasteiger partial charge in [0.15, 0.2) is 11.5 Å². The van der Waals surface area contributed by atoms with Gasteiger partial charge in [-0.1, -0.05) is 0 Å². The van der Waals surface area contributed by atoms with Crippen LogP contribution in [-0.4, -0.2) is 17.0 Å². The molecule has 2 N–H and O–H groups in total. The Balaban J connectivity index is 2.19. The summed E-state index contributed by atoms with van der Waals surface area (Å²) in [6, 6.07) is 7.60. The zero-order valence-electron chi connectivity index (χ0n) is 10.8. The van der Waals surface area contributed by atoms with Crippen LogP contribution < -0.4 is 15.2 Å². The number of methoxy groups -OCH3 is 1. The average molecular weight is 275 g/mol. The van der Waals surface area contributed by atoms with E-state index in [4.69, 9.17) is 15.2 Å². The molecule has 0 unspecified atom stereocenters. The smallest absolute Gasteiger partial charge is 0.273 e. The van der Waals surface area contributed by atoms with Crippen molar-refractivity contribution < 1.29 is 14.4 Å². The van der Waals surface area contributed by atoms with Crippen molar-refractivity contribution in [2.45, 2.75) is 6.61 Å². The number of rotatable bonds is 5. The fraction of sp³-hybridized carbons (Fsp3) is 0.154. The van der Waals surface area contributed by atoms with Crippen LogP contribution in [0.5, 0.6) is 11.5 Å². The van der Waals surface area contributed by atoms with Crippen molar-refractivity contribution >= 4 is 11.5 Å². The Morgan fingerprint density at radius 2 is 2.10 bits per heavy atom. The second kappa shape index (κ2) is 5.87. The normalized spacial score (nSPS) is 10.1. The Kier molecular flexibility index (Phi) is 3.99. The minimum atomic E-state index is -0.489. The summed E-state index contributed by atoms with van der Waals surface area (Å²) in [6.45, 7) is 0.213. The fourth-order valence-electron chi connectivity index (χ4n) is 1.64. The number of nitro groups is 1. The topological polar surface area (TPSA) is 101 Å². The van der Waals surface area contributed by atoms with E-state index in [1.54, 1.807) is 18.3 Å². The van der Waals surface area contributed by atoms with Crippen molar-refractivity contribution in [1.82, 2.24) is 4.98 Å². The van der Waals surface area contributed by atoms with Gasteiger partial charge in [0, 0.05) is 12.3 Å². The molecule has 1 heterocycles. The molecule has 0 saturated heterocycles. The Morgan fingerprint density at radius 3 is 2.75 bits per heavy atom. The van der Waals surface area contributed by atoms with Crippen molar-refractivity contribution in [3.05, 3.63) is 52.2 Å². The summed E-state index contributed by atoms with van der Waals surface area (Å²) in [5, 5.41) is 10.8. The van der Waals surface area contributed by atoms with E-state index in [-0.39, 0.29) is 12.3 Å². The van der Waals surface area contributed by atoms with Gasteiger partial charge in [0.05, 0.1) is 18.1 Å². The van der Waals surface area contributed by atoms with Crippen molar-refractivity contribution in [2.75, 3.05) is 12.8 Å². The van der Waals surface area contributed by atoms with Crippen molar-refractivity contribution in [3.63, 3.8) is 0 Å². The Morgan fingerprint density at radius 1 is 1.30 bits per heavy atom. The lowest BCUT2D eigenvalue weighted by molar-refractivity contribution is -0.385. The van der Waals surface area contributed by atoms with E-state index in [1.807, 2.05) is 0 Å². The van der Waals surface area contributed by atoms with E-state index in [1.165, 1.54) is 25.3 Å². The molecular weight excluding hydrogens is 262 g/mol. The van der Waals surface area contributed by atoms with Gasteiger partial charge >= 0.3 is 0 Å². The molecule has 0 amide bonds. The maximum absolute atomic E-state index is 10.8. The Bertz CT molecular complexity index is 631. The number of hydrogen-bond donors (Lipinski definition) is 1. The molecule has 104 valence electrons. The van der Waals surface area contributed by atoms with Crippen LogP contribution in [0.3, 0.4) is 0 Å². The third-order valence-electron chi connectivity index (χ3n) is 2.60. The Hall–Kier alpha value is -2.83. The minimum Gasteiger partial charge on any atom is -0.493 e. The van der Waals surface area contributed by atoms with Crippen LogP contribution in [0.25, 0.3) is 0 Å². The monoisotopic (exact) mass is 275 g/mol. The molecule has 0 bridgehead atoms. The standard InChI is InChI=1S/C13H13N3O4/c1-19-11-3-2-10(16(17)18)7-12(11)20-8-9-4-5-15-13(14)6-9/h2-7H,8H2,1H3,(H2,14,15). The molecule has 7 heteroatoms. The lowest BCUT2D eigenvalue weighted by atomic mass is 10.2. The minimum absolute atomic E-state index is 0.0601. The lowest BCUT2D eigenvalue weighted by Crippen LogP contribution is -2.00. The number of nitrogen functional groups attached to an aromatic ring is 1. The Labute approximate surface area is 115 Å². The number of ether oxygens (including phenoxy) is 2. The van der Waals surface area contributed by atoms with Crippen LogP contribution in [-0.2, 0) is 6.61 Å². The van der Waals surface area contributed by atoms with E-state index in [9.17, 15) is 10.1 Å². The first-order chi connectivity index (χ1) is 9.60. The van der Waals surface area contributed by atoms with Crippen LogP contribution in [0.2, 0.25) is 0 Å². The largest absolute Gasteiger partial charge is 0.493 e. The van der Waals surface area contributed by atoms with Crippen LogP contribution in [0.15, 0.2) is 36.5 Å². The molecule has 2 aromatic rings. The summed E-state index contributed by atoms with van der Waals surface area (Å²) in [5.41, 5.74) is 6.32. The first kappa shape index (κ1) is 13.6. The molecular formula is C13H13N3O4. The quantitative estimate of drug-likeness (QED) is 0.662. The van der Waals surface area contributed by atoms with Gasteiger partial charge in [0.2, 0.25) is 0 Å². The van der Waals surface area contributed by atoms with E-state index >= 15 is 0 Å². The van der Waals surface area contributed by atoms with Crippen molar-refractivity contribution in [1.29, 1.82) is 0 Å². The zero-order chi connectivity index (χ0) is 14.5. The number of anilines is 1. The van der Waals surface area contributed by atoms with Crippen molar-refractivity contribution in [2.24, 2.45) is 0 Å². The fourth-order valence-corrected chi connectivity index (χ4v) is 1.64. The summed E-state index contributed by atoms with van der Waals surface area (Å²) >= 11 is 0. The lowest BCUT2D eigenvalue weighted by Gasteiger charge is -2.10. The summed E-state index contributed by atoms with van der Waals surface area (Å²) in [4.78, 5) is 14.1. The summed E-state index contributed by atoms with van der Waals surface area (Å²) in [5.74, 6) is 1.12. The summed E-state index contributed by atoms with van der Waals surface area (Å²) in [6.07, 6.45) is 1.57. The number of benzene rings is 1. The number of hydrogen-bond acceptors (Lipinski definition) is 6. The highest BCUT2D eigenvalue weighted by Crippen LogP contribution is 2.31. The first-order valence-electron chi connectivity index (χ1n) is 5.76.